The molecular weight excluding hydrogens is 372 g/mol. The van der Waals surface area contributed by atoms with Crippen LogP contribution in [0.3, 0.4) is 0 Å². The van der Waals surface area contributed by atoms with E-state index in [2.05, 4.69) is 10.6 Å². The smallest absolute Gasteiger partial charge is 0.270 e. The van der Waals surface area contributed by atoms with Crippen LogP contribution in [-0.2, 0) is 4.79 Å². The van der Waals surface area contributed by atoms with E-state index in [1.165, 1.54) is 12.1 Å². The van der Waals surface area contributed by atoms with E-state index < -0.39 is 22.4 Å². The minimum absolute atomic E-state index is 0.0532. The molecule has 2 amide bonds. The summed E-state index contributed by atoms with van der Waals surface area (Å²) in [4.78, 5) is 35.2. The SMILES string of the molecule is CCC(N)(CC)CNC(=O)C(NC(=O)c1ccc([N+](=O)[O-])cc1Cl)C(C)C. The van der Waals surface area contributed by atoms with Crippen molar-refractivity contribution in [3.05, 3.63) is 38.9 Å². The van der Waals surface area contributed by atoms with Crippen LogP contribution in [0.5, 0.6) is 0 Å². The zero-order valence-electron chi connectivity index (χ0n) is 16.0. The summed E-state index contributed by atoms with van der Waals surface area (Å²) in [7, 11) is 0. The Hall–Kier alpha value is -2.19. The molecule has 8 nitrogen and oxygen atoms in total. The Morgan fingerprint density at radius 1 is 1.30 bits per heavy atom. The summed E-state index contributed by atoms with van der Waals surface area (Å²) in [6.07, 6.45) is 1.42. The lowest BCUT2D eigenvalue weighted by Gasteiger charge is -2.29. The Morgan fingerprint density at radius 3 is 2.33 bits per heavy atom. The standard InChI is InChI=1S/C18H27ClN4O4/c1-5-18(20,6-2)10-21-17(25)15(11(3)4)22-16(24)13-8-7-12(23(26)27)9-14(13)19/h7-9,11,15H,5-6,10,20H2,1-4H3,(H,21,25)(H,22,24). The van der Waals surface area contributed by atoms with E-state index in [0.29, 0.717) is 19.4 Å². The van der Waals surface area contributed by atoms with Crippen molar-refractivity contribution in [3.8, 4) is 0 Å². The highest BCUT2D eigenvalue weighted by Crippen LogP contribution is 2.22. The topological polar surface area (TPSA) is 127 Å². The van der Waals surface area contributed by atoms with Crippen molar-refractivity contribution in [2.75, 3.05) is 6.54 Å². The Balaban J connectivity index is 2.89. The summed E-state index contributed by atoms with van der Waals surface area (Å²) < 4.78 is 0. The van der Waals surface area contributed by atoms with Gasteiger partial charge in [0, 0.05) is 24.2 Å². The fourth-order valence-corrected chi connectivity index (χ4v) is 2.69. The molecule has 150 valence electrons. The van der Waals surface area contributed by atoms with Crippen molar-refractivity contribution >= 4 is 29.1 Å². The molecule has 1 atom stereocenters. The van der Waals surface area contributed by atoms with Crippen LogP contribution in [0.1, 0.15) is 50.9 Å². The van der Waals surface area contributed by atoms with Crippen molar-refractivity contribution < 1.29 is 14.5 Å². The second-order valence-corrected chi connectivity index (χ2v) is 7.31. The van der Waals surface area contributed by atoms with Gasteiger partial charge in [0.25, 0.3) is 11.6 Å². The Bertz CT molecular complexity index is 705. The molecule has 1 aromatic rings. The molecule has 9 heteroatoms. The maximum Gasteiger partial charge on any atom is 0.270 e. The molecule has 0 saturated heterocycles. The second-order valence-electron chi connectivity index (χ2n) is 6.90. The predicted octanol–water partition coefficient (Wildman–Crippen LogP) is 2.64. The largest absolute Gasteiger partial charge is 0.352 e. The first-order chi connectivity index (χ1) is 12.5. The zero-order valence-corrected chi connectivity index (χ0v) is 16.8. The molecule has 0 aliphatic carbocycles. The van der Waals surface area contributed by atoms with E-state index in [1.54, 1.807) is 13.8 Å². The van der Waals surface area contributed by atoms with Gasteiger partial charge in [-0.1, -0.05) is 39.3 Å². The van der Waals surface area contributed by atoms with Crippen LogP contribution in [-0.4, -0.2) is 34.9 Å². The number of nitro benzene ring substituents is 1. The van der Waals surface area contributed by atoms with Crippen molar-refractivity contribution in [3.63, 3.8) is 0 Å². The molecule has 1 rings (SSSR count). The van der Waals surface area contributed by atoms with E-state index >= 15 is 0 Å². The first-order valence-corrected chi connectivity index (χ1v) is 9.23. The number of amides is 2. The lowest BCUT2D eigenvalue weighted by molar-refractivity contribution is -0.384. The highest BCUT2D eigenvalue weighted by Gasteiger charge is 2.28. The summed E-state index contributed by atoms with van der Waals surface area (Å²) in [5.41, 5.74) is 5.55. The molecule has 0 bridgehead atoms. The number of nitro groups is 1. The number of hydrogen-bond donors (Lipinski definition) is 3. The lowest BCUT2D eigenvalue weighted by Crippen LogP contribution is -2.55. The molecule has 1 unspecified atom stereocenters. The number of benzene rings is 1. The molecule has 0 radical (unpaired) electrons. The summed E-state index contributed by atoms with van der Waals surface area (Å²) in [5.74, 6) is -1.09. The molecule has 1 aromatic carbocycles. The molecular formula is C18H27ClN4O4. The molecule has 0 saturated carbocycles. The van der Waals surface area contributed by atoms with Gasteiger partial charge in [0.05, 0.1) is 15.5 Å². The fourth-order valence-electron chi connectivity index (χ4n) is 2.43. The van der Waals surface area contributed by atoms with Gasteiger partial charge < -0.3 is 16.4 Å². The van der Waals surface area contributed by atoms with Gasteiger partial charge in [-0.05, 0) is 24.8 Å². The second kappa shape index (κ2) is 9.66. The average molecular weight is 399 g/mol. The summed E-state index contributed by atoms with van der Waals surface area (Å²) in [6, 6.07) is 2.77. The normalized spacial score (nSPS) is 12.6. The maximum atomic E-state index is 12.6. The van der Waals surface area contributed by atoms with Gasteiger partial charge in [-0.2, -0.15) is 0 Å². The predicted molar refractivity (Wildman–Crippen MR) is 105 cm³/mol. The van der Waals surface area contributed by atoms with Crippen LogP contribution in [0.4, 0.5) is 5.69 Å². The molecule has 0 aliphatic heterocycles. The number of hydrogen-bond acceptors (Lipinski definition) is 5. The highest BCUT2D eigenvalue weighted by molar-refractivity contribution is 6.34. The van der Waals surface area contributed by atoms with E-state index in [-0.39, 0.29) is 28.1 Å². The number of nitrogens with two attached hydrogens (primary N) is 1. The Morgan fingerprint density at radius 2 is 1.89 bits per heavy atom. The lowest BCUT2D eigenvalue weighted by atomic mass is 9.94. The van der Waals surface area contributed by atoms with Gasteiger partial charge >= 0.3 is 0 Å². The van der Waals surface area contributed by atoms with Crippen LogP contribution in [0.25, 0.3) is 0 Å². The quantitative estimate of drug-likeness (QED) is 0.435. The van der Waals surface area contributed by atoms with E-state index in [0.717, 1.165) is 6.07 Å². The monoisotopic (exact) mass is 398 g/mol. The van der Waals surface area contributed by atoms with Gasteiger partial charge in [0.15, 0.2) is 0 Å². The first kappa shape index (κ1) is 22.9. The molecule has 0 aliphatic rings. The van der Waals surface area contributed by atoms with Crippen LogP contribution >= 0.6 is 11.6 Å². The van der Waals surface area contributed by atoms with Gasteiger partial charge in [-0.3, -0.25) is 19.7 Å². The number of halogens is 1. The summed E-state index contributed by atoms with van der Waals surface area (Å²) in [5, 5.41) is 16.2. The molecule has 0 fully saturated rings. The van der Waals surface area contributed by atoms with Gasteiger partial charge in [0.2, 0.25) is 5.91 Å². The van der Waals surface area contributed by atoms with Gasteiger partial charge in [-0.15, -0.1) is 0 Å². The van der Waals surface area contributed by atoms with Crippen molar-refractivity contribution in [2.24, 2.45) is 11.7 Å². The van der Waals surface area contributed by atoms with Crippen LogP contribution in [0.15, 0.2) is 18.2 Å². The minimum atomic E-state index is -0.790. The third-order valence-corrected chi connectivity index (χ3v) is 4.98. The summed E-state index contributed by atoms with van der Waals surface area (Å²) >= 11 is 5.99. The van der Waals surface area contributed by atoms with Gasteiger partial charge in [-0.25, -0.2) is 0 Å². The van der Waals surface area contributed by atoms with Crippen LogP contribution in [0, 0.1) is 16.0 Å². The third-order valence-electron chi connectivity index (χ3n) is 4.67. The fraction of sp³-hybridized carbons (Fsp3) is 0.556. The van der Waals surface area contributed by atoms with E-state index in [4.69, 9.17) is 17.3 Å². The number of carbonyl (C=O) groups excluding carboxylic acids is 2. The molecule has 0 aromatic heterocycles. The van der Waals surface area contributed by atoms with Crippen molar-refractivity contribution in [1.29, 1.82) is 0 Å². The number of non-ortho nitro benzene ring substituents is 1. The summed E-state index contributed by atoms with van der Waals surface area (Å²) in [6.45, 7) is 7.81. The molecule has 27 heavy (non-hydrogen) atoms. The van der Waals surface area contributed by atoms with E-state index in [1.807, 2.05) is 13.8 Å². The first-order valence-electron chi connectivity index (χ1n) is 8.86. The third kappa shape index (κ3) is 6.18. The van der Waals surface area contributed by atoms with Gasteiger partial charge in [0.1, 0.15) is 6.04 Å². The Kier molecular flexibility index (Phi) is 8.18. The van der Waals surface area contributed by atoms with Crippen LogP contribution in [0.2, 0.25) is 5.02 Å². The Labute approximate surface area is 164 Å². The van der Waals surface area contributed by atoms with Crippen molar-refractivity contribution in [2.45, 2.75) is 52.1 Å². The number of nitrogens with zero attached hydrogens (tertiary/aromatic N) is 1. The van der Waals surface area contributed by atoms with E-state index in [9.17, 15) is 19.7 Å². The molecule has 0 spiro atoms. The molecule has 4 N–H and O–H groups in total. The highest BCUT2D eigenvalue weighted by atomic mass is 35.5. The number of carbonyl (C=O) groups is 2. The zero-order chi connectivity index (χ0) is 20.8. The molecule has 0 heterocycles. The minimum Gasteiger partial charge on any atom is -0.352 e. The number of rotatable bonds is 9. The number of nitrogens with one attached hydrogen (secondary N) is 2. The van der Waals surface area contributed by atoms with Crippen LogP contribution < -0.4 is 16.4 Å². The maximum absolute atomic E-state index is 12.6. The van der Waals surface area contributed by atoms with Crippen molar-refractivity contribution in [1.82, 2.24) is 10.6 Å². The average Bonchev–Trinajstić information content (AvgIpc) is 2.63.